The lowest BCUT2D eigenvalue weighted by atomic mass is 10.1. The van der Waals surface area contributed by atoms with E-state index >= 15 is 0 Å². The first-order valence-corrected chi connectivity index (χ1v) is 7.25. The van der Waals surface area contributed by atoms with Gasteiger partial charge >= 0.3 is 5.97 Å². The third-order valence-electron chi connectivity index (χ3n) is 3.08. The van der Waals surface area contributed by atoms with E-state index in [1.165, 1.54) is 11.4 Å². The van der Waals surface area contributed by atoms with E-state index in [0.717, 1.165) is 0 Å². The summed E-state index contributed by atoms with van der Waals surface area (Å²) in [4.78, 5) is 10.8. The lowest BCUT2D eigenvalue weighted by Gasteiger charge is -2.19. The van der Waals surface area contributed by atoms with Gasteiger partial charge in [-0.15, -0.1) is 0 Å². The van der Waals surface area contributed by atoms with Crippen LogP contribution in [0.2, 0.25) is 0 Å². The van der Waals surface area contributed by atoms with Crippen LogP contribution < -0.4 is 0 Å². The fraction of sp³-hybridized carbons (Fsp3) is 0.900. The Hall–Kier alpha value is -0.660. The Kier molecular flexibility index (Phi) is 4.91. The highest BCUT2D eigenvalue weighted by atomic mass is 32.2. The number of aliphatic carboxylic acids is 1. The number of methoxy groups -OCH3 is 1. The zero-order valence-electron chi connectivity index (χ0n) is 10.1. The number of carbonyl (C=O) groups is 1. The van der Waals surface area contributed by atoms with E-state index in [1.807, 2.05) is 6.92 Å². The summed E-state index contributed by atoms with van der Waals surface area (Å²) >= 11 is 0. The molecule has 1 aliphatic rings. The van der Waals surface area contributed by atoms with Crippen LogP contribution in [0.25, 0.3) is 0 Å². The summed E-state index contributed by atoms with van der Waals surface area (Å²) in [6.45, 7) is 2.23. The fourth-order valence-corrected chi connectivity index (χ4v) is 3.72. The molecule has 0 aromatic carbocycles. The molecule has 0 aromatic rings. The molecule has 0 aromatic heterocycles. The van der Waals surface area contributed by atoms with Gasteiger partial charge in [0.15, 0.2) is 0 Å². The molecule has 0 amide bonds. The lowest BCUT2D eigenvalue weighted by molar-refractivity contribution is -0.141. The Bertz CT molecular complexity index is 363. The van der Waals surface area contributed by atoms with E-state index in [9.17, 15) is 13.2 Å². The summed E-state index contributed by atoms with van der Waals surface area (Å²) in [5.74, 6) is -1.58. The maximum Gasteiger partial charge on any atom is 0.307 e. The molecule has 1 heterocycles. The van der Waals surface area contributed by atoms with Crippen molar-refractivity contribution in [2.24, 2.45) is 5.92 Å². The minimum absolute atomic E-state index is 0.0770. The molecule has 0 aliphatic carbocycles. The van der Waals surface area contributed by atoms with E-state index in [0.29, 0.717) is 19.4 Å². The Morgan fingerprint density at radius 1 is 1.59 bits per heavy atom. The van der Waals surface area contributed by atoms with Gasteiger partial charge < -0.3 is 9.84 Å². The van der Waals surface area contributed by atoms with Gasteiger partial charge in [0.2, 0.25) is 10.0 Å². The normalized spacial score (nSPS) is 23.8. The molecule has 1 aliphatic heterocycles. The smallest absolute Gasteiger partial charge is 0.307 e. The van der Waals surface area contributed by atoms with Crippen molar-refractivity contribution in [1.82, 2.24) is 4.31 Å². The maximum absolute atomic E-state index is 12.0. The molecule has 6 nitrogen and oxygen atoms in total. The van der Waals surface area contributed by atoms with Crippen LogP contribution in [-0.2, 0) is 19.6 Å². The van der Waals surface area contributed by atoms with Crippen molar-refractivity contribution < 1.29 is 23.1 Å². The average Bonchev–Trinajstić information content (AvgIpc) is 2.75. The zero-order valence-corrected chi connectivity index (χ0v) is 10.9. The molecule has 2 atom stereocenters. The monoisotopic (exact) mass is 265 g/mol. The lowest BCUT2D eigenvalue weighted by Crippen LogP contribution is -2.36. The van der Waals surface area contributed by atoms with Gasteiger partial charge in [-0.3, -0.25) is 4.79 Å². The number of hydrogen-bond donors (Lipinski definition) is 1. The van der Waals surface area contributed by atoms with Crippen molar-refractivity contribution in [2.45, 2.75) is 25.9 Å². The number of rotatable bonds is 6. The molecule has 17 heavy (non-hydrogen) atoms. The minimum Gasteiger partial charge on any atom is -0.481 e. The first-order chi connectivity index (χ1) is 7.90. The largest absolute Gasteiger partial charge is 0.481 e. The second-order valence-electron chi connectivity index (χ2n) is 4.23. The van der Waals surface area contributed by atoms with Gasteiger partial charge in [-0.25, -0.2) is 12.7 Å². The molecule has 0 saturated carbocycles. The predicted molar refractivity (Wildman–Crippen MR) is 62.2 cm³/mol. The molecule has 2 unspecified atom stereocenters. The highest BCUT2D eigenvalue weighted by molar-refractivity contribution is 7.89. The number of carboxylic acid groups (broad SMARTS) is 1. The second-order valence-corrected chi connectivity index (χ2v) is 6.24. The van der Waals surface area contributed by atoms with E-state index in [2.05, 4.69) is 0 Å². The van der Waals surface area contributed by atoms with Gasteiger partial charge in [0.05, 0.1) is 17.8 Å². The van der Waals surface area contributed by atoms with Gasteiger partial charge in [0, 0.05) is 20.2 Å². The topological polar surface area (TPSA) is 83.9 Å². The van der Waals surface area contributed by atoms with Crippen LogP contribution in [-0.4, -0.2) is 55.9 Å². The molecule has 0 radical (unpaired) electrons. The zero-order chi connectivity index (χ0) is 13.1. The van der Waals surface area contributed by atoms with E-state index in [4.69, 9.17) is 9.84 Å². The highest BCUT2D eigenvalue weighted by Crippen LogP contribution is 2.20. The number of nitrogens with zero attached hydrogens (tertiary/aromatic N) is 1. The van der Waals surface area contributed by atoms with Crippen LogP contribution in [0.4, 0.5) is 0 Å². The van der Waals surface area contributed by atoms with Gasteiger partial charge in [0.25, 0.3) is 0 Å². The van der Waals surface area contributed by atoms with Crippen molar-refractivity contribution >= 4 is 16.0 Å². The van der Waals surface area contributed by atoms with E-state index in [1.54, 1.807) is 0 Å². The van der Waals surface area contributed by atoms with Crippen molar-refractivity contribution in [3.05, 3.63) is 0 Å². The first kappa shape index (κ1) is 14.4. The second kappa shape index (κ2) is 5.79. The number of carboxylic acids is 1. The standard InChI is InChI=1S/C10H19NO5S/c1-3-9(16-2)7-17(14,15)11-5-4-8(6-11)10(12)13/h8-9H,3-7H2,1-2H3,(H,12,13). The van der Waals surface area contributed by atoms with Gasteiger partial charge in [-0.05, 0) is 12.8 Å². The van der Waals surface area contributed by atoms with Crippen LogP contribution in [0.1, 0.15) is 19.8 Å². The van der Waals surface area contributed by atoms with Gasteiger partial charge in [0.1, 0.15) is 0 Å². The quantitative estimate of drug-likeness (QED) is 0.739. The summed E-state index contributed by atoms with van der Waals surface area (Å²) in [6, 6.07) is 0. The fourth-order valence-electron chi connectivity index (χ4n) is 1.88. The molecule has 1 rings (SSSR count). The summed E-state index contributed by atoms with van der Waals surface area (Å²) in [5, 5.41) is 8.82. The molecule has 0 spiro atoms. The Morgan fingerprint density at radius 2 is 2.24 bits per heavy atom. The molecule has 0 bridgehead atoms. The molecular weight excluding hydrogens is 246 g/mol. The summed E-state index contributed by atoms with van der Waals surface area (Å²) in [6.07, 6.45) is 0.674. The molecule has 100 valence electrons. The molecule has 7 heteroatoms. The van der Waals surface area contributed by atoms with Gasteiger partial charge in [-0.1, -0.05) is 6.92 Å². The maximum atomic E-state index is 12.0. The summed E-state index contributed by atoms with van der Waals surface area (Å²) in [7, 11) is -1.92. The van der Waals surface area contributed by atoms with Crippen LogP contribution in [0.5, 0.6) is 0 Å². The first-order valence-electron chi connectivity index (χ1n) is 5.64. The minimum atomic E-state index is -3.40. The predicted octanol–water partition coefficient (Wildman–Crippen LogP) is 0.148. The number of ether oxygens (including phenoxy) is 1. The number of sulfonamides is 1. The third kappa shape index (κ3) is 3.65. The van der Waals surface area contributed by atoms with E-state index in [-0.39, 0.29) is 18.4 Å². The SMILES string of the molecule is CCC(CS(=O)(=O)N1CCC(C(=O)O)C1)OC. The summed E-state index contributed by atoms with van der Waals surface area (Å²) in [5.41, 5.74) is 0. The van der Waals surface area contributed by atoms with Gasteiger partial charge in [-0.2, -0.15) is 0 Å². The Balaban J connectivity index is 2.63. The highest BCUT2D eigenvalue weighted by Gasteiger charge is 2.35. The van der Waals surface area contributed by atoms with Crippen molar-refractivity contribution in [2.75, 3.05) is 26.0 Å². The van der Waals surface area contributed by atoms with Crippen molar-refractivity contribution in [1.29, 1.82) is 0 Å². The third-order valence-corrected chi connectivity index (χ3v) is 4.99. The van der Waals surface area contributed by atoms with Crippen LogP contribution in [0, 0.1) is 5.92 Å². The van der Waals surface area contributed by atoms with Crippen molar-refractivity contribution in [3.63, 3.8) is 0 Å². The molecule has 1 N–H and O–H groups in total. The molecule has 1 saturated heterocycles. The summed E-state index contributed by atoms with van der Waals surface area (Å²) < 4.78 is 30.3. The van der Waals surface area contributed by atoms with Crippen molar-refractivity contribution in [3.8, 4) is 0 Å². The molecular formula is C10H19NO5S. The Morgan fingerprint density at radius 3 is 2.65 bits per heavy atom. The average molecular weight is 265 g/mol. The van der Waals surface area contributed by atoms with Crippen LogP contribution in [0.15, 0.2) is 0 Å². The molecule has 1 fully saturated rings. The Labute approximate surface area is 102 Å². The van der Waals surface area contributed by atoms with Crippen LogP contribution in [0.3, 0.4) is 0 Å². The van der Waals surface area contributed by atoms with E-state index < -0.39 is 21.9 Å². The number of hydrogen-bond acceptors (Lipinski definition) is 4. The van der Waals surface area contributed by atoms with Crippen LogP contribution >= 0.6 is 0 Å².